The minimum Gasteiger partial charge on any atom is -0.497 e. The Kier molecular flexibility index (Phi) is 7.58. The molecule has 33 heavy (non-hydrogen) atoms. The fourth-order valence-corrected chi connectivity index (χ4v) is 4.49. The second-order valence-electron chi connectivity index (χ2n) is 8.43. The number of carbonyl (C=O) groups excluding carboxylic acids is 2. The average molecular weight is 446 g/mol. The van der Waals surface area contributed by atoms with Crippen LogP contribution >= 0.6 is 0 Å². The topological polar surface area (TPSA) is 70.7 Å². The first-order chi connectivity index (χ1) is 16.1. The van der Waals surface area contributed by atoms with Gasteiger partial charge in [-0.3, -0.25) is 14.5 Å². The van der Waals surface area contributed by atoms with E-state index in [2.05, 4.69) is 21.6 Å². The number of hydrogen-bond donors (Lipinski definition) is 2. The summed E-state index contributed by atoms with van der Waals surface area (Å²) >= 11 is 0. The standard InChI is InChI=1S/C27H31N3O3/c1-33-23-12-7-11-22(16-23)25(30-14-4-5-15-30)18-28-27(32)19-29-26(31)17-21-10-6-9-20-8-2-3-13-24(20)21/h2-3,6-13,16,25H,4-5,14-15,17-19H2,1H3,(H,28,32)(H,29,31)/t25-/m0/s1. The van der Waals surface area contributed by atoms with Gasteiger partial charge in [-0.05, 0) is 60.0 Å². The Morgan fingerprint density at radius 2 is 1.70 bits per heavy atom. The molecule has 0 saturated carbocycles. The molecule has 1 saturated heterocycles. The van der Waals surface area contributed by atoms with Gasteiger partial charge in [-0.25, -0.2) is 0 Å². The van der Waals surface area contributed by atoms with E-state index in [1.165, 1.54) is 12.8 Å². The van der Waals surface area contributed by atoms with Crippen LogP contribution in [0.5, 0.6) is 5.75 Å². The molecule has 0 spiro atoms. The summed E-state index contributed by atoms with van der Waals surface area (Å²) in [5.41, 5.74) is 2.08. The van der Waals surface area contributed by atoms with Crippen LogP contribution in [-0.2, 0) is 16.0 Å². The maximum atomic E-state index is 12.5. The largest absolute Gasteiger partial charge is 0.497 e. The molecular weight excluding hydrogens is 414 g/mol. The zero-order valence-electron chi connectivity index (χ0n) is 19.0. The molecule has 1 aliphatic rings. The first kappa shape index (κ1) is 22.8. The number of rotatable bonds is 9. The van der Waals surface area contributed by atoms with E-state index in [9.17, 15) is 9.59 Å². The molecule has 1 heterocycles. The summed E-state index contributed by atoms with van der Waals surface area (Å²) in [6.45, 7) is 2.48. The molecule has 4 rings (SSSR count). The summed E-state index contributed by atoms with van der Waals surface area (Å²) in [6, 6.07) is 22.0. The number of ether oxygens (including phenoxy) is 1. The number of likely N-dealkylation sites (tertiary alicyclic amines) is 1. The molecule has 6 heteroatoms. The second-order valence-corrected chi connectivity index (χ2v) is 8.43. The highest BCUT2D eigenvalue weighted by molar-refractivity contribution is 5.91. The van der Waals surface area contributed by atoms with Gasteiger partial charge in [-0.15, -0.1) is 0 Å². The fourth-order valence-electron chi connectivity index (χ4n) is 4.49. The number of methoxy groups -OCH3 is 1. The Hall–Kier alpha value is -3.38. The first-order valence-corrected chi connectivity index (χ1v) is 11.5. The molecule has 0 unspecified atom stereocenters. The van der Waals surface area contributed by atoms with E-state index in [1.807, 2.05) is 60.7 Å². The number of nitrogens with zero attached hydrogens (tertiary/aromatic N) is 1. The lowest BCUT2D eigenvalue weighted by Gasteiger charge is -2.28. The molecule has 0 aromatic heterocycles. The van der Waals surface area contributed by atoms with E-state index in [4.69, 9.17) is 4.74 Å². The van der Waals surface area contributed by atoms with Gasteiger partial charge >= 0.3 is 0 Å². The van der Waals surface area contributed by atoms with Crippen LogP contribution in [0.2, 0.25) is 0 Å². The number of nitrogens with one attached hydrogen (secondary N) is 2. The zero-order chi connectivity index (χ0) is 23.0. The molecule has 1 aliphatic heterocycles. The van der Waals surface area contributed by atoms with Gasteiger partial charge in [0.15, 0.2) is 0 Å². The SMILES string of the molecule is COc1cccc([C@H](CNC(=O)CNC(=O)Cc2cccc3ccccc23)N2CCCC2)c1. The van der Waals surface area contributed by atoms with E-state index >= 15 is 0 Å². The minimum atomic E-state index is -0.187. The highest BCUT2D eigenvalue weighted by atomic mass is 16.5. The Bertz CT molecular complexity index is 1100. The van der Waals surface area contributed by atoms with Crippen LogP contribution < -0.4 is 15.4 Å². The van der Waals surface area contributed by atoms with Crippen molar-refractivity contribution < 1.29 is 14.3 Å². The van der Waals surface area contributed by atoms with Crippen LogP contribution in [0, 0.1) is 0 Å². The fraction of sp³-hybridized carbons (Fsp3) is 0.333. The van der Waals surface area contributed by atoms with E-state index in [0.717, 1.165) is 40.7 Å². The Labute approximate surface area is 194 Å². The van der Waals surface area contributed by atoms with Gasteiger partial charge in [0, 0.05) is 6.54 Å². The molecule has 6 nitrogen and oxygen atoms in total. The number of amides is 2. The number of fused-ring (bicyclic) bond motifs is 1. The van der Waals surface area contributed by atoms with Crippen molar-refractivity contribution in [1.29, 1.82) is 0 Å². The molecule has 3 aromatic carbocycles. The summed E-state index contributed by atoms with van der Waals surface area (Å²) < 4.78 is 5.38. The number of benzene rings is 3. The molecule has 0 bridgehead atoms. The molecule has 1 atom stereocenters. The molecule has 172 valence electrons. The summed E-state index contributed by atoms with van der Waals surface area (Å²) in [7, 11) is 1.66. The Morgan fingerprint density at radius 3 is 2.52 bits per heavy atom. The van der Waals surface area contributed by atoms with Crippen molar-refractivity contribution >= 4 is 22.6 Å². The Morgan fingerprint density at radius 1 is 0.939 bits per heavy atom. The third-order valence-corrected chi connectivity index (χ3v) is 6.23. The lowest BCUT2D eigenvalue weighted by atomic mass is 10.0. The van der Waals surface area contributed by atoms with E-state index in [1.54, 1.807) is 7.11 Å². The molecule has 3 aromatic rings. The van der Waals surface area contributed by atoms with E-state index in [-0.39, 0.29) is 30.8 Å². The van der Waals surface area contributed by atoms with Crippen molar-refractivity contribution in [2.75, 3.05) is 33.3 Å². The van der Waals surface area contributed by atoms with Gasteiger partial charge in [0.05, 0.1) is 26.1 Å². The maximum Gasteiger partial charge on any atom is 0.239 e. The first-order valence-electron chi connectivity index (χ1n) is 11.5. The lowest BCUT2D eigenvalue weighted by molar-refractivity contribution is -0.125. The summed E-state index contributed by atoms with van der Waals surface area (Å²) in [5, 5.41) is 7.93. The molecule has 0 radical (unpaired) electrons. The molecule has 0 aliphatic carbocycles. The summed E-state index contributed by atoms with van der Waals surface area (Å²) in [5.74, 6) is 0.461. The van der Waals surface area contributed by atoms with Crippen LogP contribution in [0.1, 0.15) is 30.0 Å². The van der Waals surface area contributed by atoms with Gasteiger partial charge in [-0.1, -0.05) is 54.6 Å². The highest BCUT2D eigenvalue weighted by Gasteiger charge is 2.24. The van der Waals surface area contributed by atoms with E-state index in [0.29, 0.717) is 6.54 Å². The van der Waals surface area contributed by atoms with Crippen LogP contribution in [0.4, 0.5) is 0 Å². The normalized spacial score (nSPS) is 14.7. The average Bonchev–Trinajstić information content (AvgIpc) is 3.38. The monoisotopic (exact) mass is 445 g/mol. The van der Waals surface area contributed by atoms with Crippen LogP contribution in [0.3, 0.4) is 0 Å². The number of hydrogen-bond acceptors (Lipinski definition) is 4. The van der Waals surface area contributed by atoms with Crippen LogP contribution in [-0.4, -0.2) is 50.0 Å². The Balaban J connectivity index is 1.32. The summed E-state index contributed by atoms with van der Waals surface area (Å²) in [4.78, 5) is 27.4. The van der Waals surface area contributed by atoms with Crippen molar-refractivity contribution in [1.82, 2.24) is 15.5 Å². The van der Waals surface area contributed by atoms with Crippen molar-refractivity contribution in [3.8, 4) is 5.75 Å². The smallest absolute Gasteiger partial charge is 0.239 e. The van der Waals surface area contributed by atoms with Gasteiger partial charge in [0.1, 0.15) is 5.75 Å². The summed E-state index contributed by atoms with van der Waals surface area (Å²) in [6.07, 6.45) is 2.58. The van der Waals surface area contributed by atoms with Gasteiger partial charge in [0.2, 0.25) is 11.8 Å². The molecule has 1 fully saturated rings. The maximum absolute atomic E-state index is 12.5. The van der Waals surface area contributed by atoms with Crippen LogP contribution in [0.25, 0.3) is 10.8 Å². The van der Waals surface area contributed by atoms with Crippen LogP contribution in [0.15, 0.2) is 66.7 Å². The zero-order valence-corrected chi connectivity index (χ0v) is 19.0. The minimum absolute atomic E-state index is 0.0333. The highest BCUT2D eigenvalue weighted by Crippen LogP contribution is 2.27. The van der Waals surface area contributed by atoms with Crippen molar-refractivity contribution in [3.05, 3.63) is 77.9 Å². The lowest BCUT2D eigenvalue weighted by Crippen LogP contribution is -2.41. The van der Waals surface area contributed by atoms with Crippen molar-refractivity contribution in [3.63, 3.8) is 0 Å². The predicted octanol–water partition coefficient (Wildman–Crippen LogP) is 3.46. The predicted molar refractivity (Wildman–Crippen MR) is 130 cm³/mol. The molecular formula is C27H31N3O3. The number of carbonyl (C=O) groups is 2. The third kappa shape index (κ3) is 5.90. The second kappa shape index (κ2) is 11.0. The van der Waals surface area contributed by atoms with Gasteiger partial charge in [0.25, 0.3) is 0 Å². The molecule has 2 N–H and O–H groups in total. The van der Waals surface area contributed by atoms with Crippen molar-refractivity contribution in [2.45, 2.75) is 25.3 Å². The third-order valence-electron chi connectivity index (χ3n) is 6.23. The van der Waals surface area contributed by atoms with Gasteiger partial charge in [-0.2, -0.15) is 0 Å². The van der Waals surface area contributed by atoms with Crippen molar-refractivity contribution in [2.24, 2.45) is 0 Å². The molecule has 2 amide bonds. The van der Waals surface area contributed by atoms with E-state index < -0.39 is 0 Å². The van der Waals surface area contributed by atoms with Gasteiger partial charge < -0.3 is 15.4 Å². The quantitative estimate of drug-likeness (QED) is 0.529.